The summed E-state index contributed by atoms with van der Waals surface area (Å²) in [5.74, 6) is 8.08. The lowest BCUT2D eigenvalue weighted by Crippen LogP contribution is -1.94. The third-order valence-electron chi connectivity index (χ3n) is 2.95. The van der Waals surface area contributed by atoms with Gasteiger partial charge < -0.3 is 5.73 Å². The van der Waals surface area contributed by atoms with Crippen LogP contribution in [0.2, 0.25) is 0 Å². The van der Waals surface area contributed by atoms with Crippen molar-refractivity contribution in [2.75, 3.05) is 6.54 Å². The second kappa shape index (κ2) is 7.79. The van der Waals surface area contributed by atoms with Crippen LogP contribution < -0.4 is 5.73 Å². The van der Waals surface area contributed by atoms with Gasteiger partial charge in [-0.25, -0.2) is 0 Å². The lowest BCUT2D eigenvalue weighted by molar-refractivity contribution is 1.29. The van der Waals surface area contributed by atoms with Crippen LogP contribution >= 0.6 is 11.8 Å². The van der Waals surface area contributed by atoms with Gasteiger partial charge in [0.15, 0.2) is 0 Å². The number of rotatable bonds is 4. The van der Waals surface area contributed by atoms with E-state index < -0.39 is 0 Å². The molecule has 2 rings (SSSR count). The molecule has 0 bridgehead atoms. The normalized spacial score (nSPS) is 9.90. The molecule has 0 saturated heterocycles. The van der Waals surface area contributed by atoms with Gasteiger partial charge in [-0.15, -0.1) is 0 Å². The first-order valence-corrected chi connectivity index (χ1v) is 7.85. The molecule has 0 unspecified atom stereocenters. The average molecular weight is 281 g/mol. The fourth-order valence-electron chi connectivity index (χ4n) is 2.00. The van der Waals surface area contributed by atoms with Crippen LogP contribution in [0, 0.1) is 18.8 Å². The average Bonchev–Trinajstić information content (AvgIpc) is 2.46. The van der Waals surface area contributed by atoms with Gasteiger partial charge in [0.2, 0.25) is 0 Å². The molecule has 0 fully saturated rings. The van der Waals surface area contributed by atoms with Crippen LogP contribution in [0.4, 0.5) is 0 Å². The predicted molar refractivity (Wildman–Crippen MR) is 88.6 cm³/mol. The summed E-state index contributed by atoms with van der Waals surface area (Å²) in [4.78, 5) is 0. The maximum absolute atomic E-state index is 5.44. The topological polar surface area (TPSA) is 26.0 Å². The summed E-state index contributed by atoms with van der Waals surface area (Å²) in [5, 5.41) is 0. The summed E-state index contributed by atoms with van der Waals surface area (Å²) < 4.78 is 0. The fourth-order valence-corrected chi connectivity index (χ4v) is 2.98. The van der Waals surface area contributed by atoms with E-state index >= 15 is 0 Å². The van der Waals surface area contributed by atoms with Crippen molar-refractivity contribution in [3.8, 4) is 11.8 Å². The highest BCUT2D eigenvalue weighted by molar-refractivity contribution is 7.97. The Morgan fingerprint density at radius 3 is 2.70 bits per heavy atom. The van der Waals surface area contributed by atoms with Gasteiger partial charge in [0, 0.05) is 17.1 Å². The zero-order valence-corrected chi connectivity index (χ0v) is 12.5. The first-order chi connectivity index (χ1) is 9.79. The summed E-state index contributed by atoms with van der Waals surface area (Å²) in [6.07, 6.45) is 0. The summed E-state index contributed by atoms with van der Waals surface area (Å²) in [6.45, 7) is 2.54. The van der Waals surface area contributed by atoms with Gasteiger partial charge in [-0.1, -0.05) is 59.9 Å². The summed E-state index contributed by atoms with van der Waals surface area (Å²) >= 11 is 1.92. The second-order valence-electron chi connectivity index (χ2n) is 4.64. The third-order valence-corrected chi connectivity index (χ3v) is 4.00. The molecule has 20 heavy (non-hydrogen) atoms. The zero-order chi connectivity index (χ0) is 14.2. The van der Waals surface area contributed by atoms with Crippen molar-refractivity contribution in [1.82, 2.24) is 0 Å². The van der Waals surface area contributed by atoms with Crippen LogP contribution in [0.25, 0.3) is 0 Å². The minimum Gasteiger partial charge on any atom is -0.320 e. The molecule has 2 aromatic carbocycles. The SMILES string of the molecule is Cc1cccc(CSCc2ccccc2C#CCN)c1. The Hall–Kier alpha value is -1.69. The Labute approximate surface area is 125 Å². The molecule has 2 aromatic rings. The lowest BCUT2D eigenvalue weighted by Gasteiger charge is -2.05. The Kier molecular flexibility index (Phi) is 5.73. The van der Waals surface area contributed by atoms with Gasteiger partial charge in [0.25, 0.3) is 0 Å². The van der Waals surface area contributed by atoms with Crippen LogP contribution in [-0.4, -0.2) is 6.54 Å². The maximum Gasteiger partial charge on any atom is 0.0555 e. The molecule has 0 atom stereocenters. The van der Waals surface area contributed by atoms with Crippen molar-refractivity contribution in [3.63, 3.8) is 0 Å². The van der Waals surface area contributed by atoms with Crippen LogP contribution in [0.1, 0.15) is 22.3 Å². The molecule has 0 saturated carbocycles. The zero-order valence-electron chi connectivity index (χ0n) is 11.7. The van der Waals surface area contributed by atoms with Crippen molar-refractivity contribution in [3.05, 3.63) is 70.8 Å². The lowest BCUT2D eigenvalue weighted by atomic mass is 10.1. The molecule has 0 aromatic heterocycles. The van der Waals surface area contributed by atoms with Crippen molar-refractivity contribution >= 4 is 11.8 Å². The van der Waals surface area contributed by atoms with Crippen molar-refractivity contribution in [2.24, 2.45) is 5.73 Å². The molecule has 0 aliphatic rings. The minimum atomic E-state index is 0.408. The summed E-state index contributed by atoms with van der Waals surface area (Å²) in [5.41, 5.74) is 10.5. The molecule has 0 radical (unpaired) electrons. The van der Waals surface area contributed by atoms with Gasteiger partial charge in [-0.2, -0.15) is 11.8 Å². The molecule has 0 aliphatic carbocycles. The first kappa shape index (κ1) is 14.7. The number of nitrogens with two attached hydrogens (primary N) is 1. The molecular weight excluding hydrogens is 262 g/mol. The van der Waals surface area contributed by atoms with Crippen molar-refractivity contribution in [2.45, 2.75) is 18.4 Å². The Bertz CT molecular complexity index is 623. The van der Waals surface area contributed by atoms with Crippen molar-refractivity contribution in [1.29, 1.82) is 0 Å². The van der Waals surface area contributed by atoms with E-state index in [1.807, 2.05) is 17.8 Å². The van der Waals surface area contributed by atoms with Gasteiger partial charge in [0.05, 0.1) is 6.54 Å². The Balaban J connectivity index is 1.97. The summed E-state index contributed by atoms with van der Waals surface area (Å²) in [6, 6.07) is 17.0. The van der Waals surface area contributed by atoms with Crippen molar-refractivity contribution < 1.29 is 0 Å². The number of hydrogen-bond acceptors (Lipinski definition) is 2. The van der Waals surface area contributed by atoms with E-state index in [-0.39, 0.29) is 0 Å². The van der Waals surface area contributed by atoms with Crippen LogP contribution in [0.3, 0.4) is 0 Å². The standard InChI is InChI=1S/C18H19NS/c1-15-6-4-7-16(12-15)13-20-14-18-9-3-2-8-17(18)10-5-11-19/h2-4,6-9,12H,11,13-14,19H2,1H3. The molecule has 0 heterocycles. The van der Waals surface area contributed by atoms with Gasteiger partial charge in [-0.3, -0.25) is 0 Å². The highest BCUT2D eigenvalue weighted by atomic mass is 32.2. The van der Waals surface area contributed by atoms with Gasteiger partial charge in [0.1, 0.15) is 0 Å². The molecule has 2 N–H and O–H groups in total. The highest BCUT2D eigenvalue weighted by Crippen LogP contribution is 2.20. The van der Waals surface area contributed by atoms with E-state index in [4.69, 9.17) is 5.73 Å². The van der Waals surface area contributed by atoms with E-state index in [2.05, 4.69) is 61.2 Å². The predicted octanol–water partition coefficient (Wildman–Crippen LogP) is 3.74. The number of hydrogen-bond donors (Lipinski definition) is 1. The number of thioether (sulfide) groups is 1. The molecule has 2 heteroatoms. The van der Waals surface area contributed by atoms with Gasteiger partial charge in [-0.05, 0) is 24.1 Å². The molecule has 102 valence electrons. The maximum atomic E-state index is 5.44. The first-order valence-electron chi connectivity index (χ1n) is 6.69. The van der Waals surface area contributed by atoms with E-state index in [1.165, 1.54) is 16.7 Å². The highest BCUT2D eigenvalue weighted by Gasteiger charge is 2.00. The number of benzene rings is 2. The van der Waals surface area contributed by atoms with Crippen LogP contribution in [0.15, 0.2) is 48.5 Å². The molecule has 0 aliphatic heterocycles. The molecular formula is C18H19NS. The minimum absolute atomic E-state index is 0.408. The third kappa shape index (κ3) is 4.45. The largest absolute Gasteiger partial charge is 0.320 e. The van der Waals surface area contributed by atoms with Crippen LogP contribution in [-0.2, 0) is 11.5 Å². The molecule has 1 nitrogen and oxygen atoms in total. The monoisotopic (exact) mass is 281 g/mol. The van der Waals surface area contributed by atoms with E-state index in [1.54, 1.807) is 0 Å². The van der Waals surface area contributed by atoms with E-state index in [0.717, 1.165) is 17.1 Å². The second-order valence-corrected chi connectivity index (χ2v) is 5.63. The molecule has 0 amide bonds. The Morgan fingerprint density at radius 1 is 1.05 bits per heavy atom. The smallest absolute Gasteiger partial charge is 0.0555 e. The van der Waals surface area contributed by atoms with Gasteiger partial charge >= 0.3 is 0 Å². The quantitative estimate of drug-likeness (QED) is 0.864. The molecule has 0 spiro atoms. The van der Waals surface area contributed by atoms with E-state index in [0.29, 0.717) is 6.54 Å². The Morgan fingerprint density at radius 2 is 1.90 bits per heavy atom. The van der Waals surface area contributed by atoms with Crippen LogP contribution in [0.5, 0.6) is 0 Å². The number of aryl methyl sites for hydroxylation is 1. The van der Waals surface area contributed by atoms with E-state index in [9.17, 15) is 0 Å². The fraction of sp³-hybridized carbons (Fsp3) is 0.222. The summed E-state index contributed by atoms with van der Waals surface area (Å²) in [7, 11) is 0.